The predicted molar refractivity (Wildman–Crippen MR) is 170 cm³/mol. The minimum absolute atomic E-state index is 0.110. The highest BCUT2D eigenvalue weighted by Crippen LogP contribution is 2.49. The van der Waals surface area contributed by atoms with E-state index in [9.17, 15) is 27.6 Å². The lowest BCUT2D eigenvalue weighted by Crippen LogP contribution is -2.30. The highest BCUT2D eigenvalue weighted by Gasteiger charge is 2.45. The molecule has 6 heterocycles. The van der Waals surface area contributed by atoms with E-state index in [1.807, 2.05) is 4.90 Å². The average molecular weight is 672 g/mol. The maximum Gasteiger partial charge on any atom is 0.439 e. The number of amides is 2. The van der Waals surface area contributed by atoms with Crippen LogP contribution in [0.1, 0.15) is 80.3 Å². The number of aromatic nitrogens is 3. The van der Waals surface area contributed by atoms with Crippen molar-refractivity contribution in [2.45, 2.75) is 50.6 Å². The minimum Gasteiger partial charge on any atom is -0.331 e. The molecule has 0 spiro atoms. The van der Waals surface area contributed by atoms with Gasteiger partial charge in [0.25, 0.3) is 11.8 Å². The van der Waals surface area contributed by atoms with Crippen molar-refractivity contribution < 1.29 is 27.3 Å². The third kappa shape index (κ3) is 5.13. The third-order valence-corrected chi connectivity index (χ3v) is 10.6. The first-order valence-electron chi connectivity index (χ1n) is 15.8. The summed E-state index contributed by atoms with van der Waals surface area (Å²) in [6.07, 6.45) is 3.81. The molecule has 1 N–H and O–H groups in total. The first kappa shape index (κ1) is 30.3. The number of nitrogens with zero attached hydrogens (tertiary/aromatic N) is 4. The van der Waals surface area contributed by atoms with Crippen molar-refractivity contribution in [2.24, 2.45) is 0 Å². The number of aromatic amines is 1. The number of pyridine rings is 1. The number of H-pyrrole nitrogens is 1. The molecule has 3 aliphatic heterocycles. The van der Waals surface area contributed by atoms with Crippen LogP contribution in [0.15, 0.2) is 63.9 Å². The molecule has 9 nitrogen and oxygen atoms in total. The molecule has 8 rings (SSSR count). The maximum absolute atomic E-state index is 14.1. The molecule has 2 amide bonds. The smallest absolute Gasteiger partial charge is 0.331 e. The Kier molecular flexibility index (Phi) is 7.50. The quantitative estimate of drug-likeness (QED) is 0.208. The summed E-state index contributed by atoms with van der Waals surface area (Å²) in [6, 6.07) is 12.8. The van der Waals surface area contributed by atoms with Gasteiger partial charge >= 0.3 is 5.76 Å². The summed E-state index contributed by atoms with van der Waals surface area (Å²) in [6.45, 7) is 1.04. The number of benzene rings is 2. The molecule has 244 valence electrons. The van der Waals surface area contributed by atoms with Crippen molar-refractivity contribution in [2.75, 3.05) is 13.1 Å². The zero-order valence-electron chi connectivity index (χ0n) is 25.5. The number of nitrogens with one attached hydrogen (secondary N) is 1. The summed E-state index contributed by atoms with van der Waals surface area (Å²) >= 11 is 1.20. The van der Waals surface area contributed by atoms with E-state index in [1.165, 1.54) is 29.5 Å². The number of rotatable bonds is 7. The molecule has 13 heteroatoms. The predicted octanol–water partition coefficient (Wildman–Crippen LogP) is 6.62. The molecule has 3 aliphatic rings. The number of carbonyl (C=O) groups is 2. The first-order chi connectivity index (χ1) is 23.3. The van der Waals surface area contributed by atoms with Crippen LogP contribution in [0.4, 0.5) is 13.2 Å². The fraction of sp³-hybridized carbons (Fsp3) is 0.286. The van der Waals surface area contributed by atoms with Crippen LogP contribution >= 0.6 is 11.3 Å². The van der Waals surface area contributed by atoms with Crippen molar-refractivity contribution in [1.82, 2.24) is 24.9 Å². The Hall–Kier alpha value is -5.04. The summed E-state index contributed by atoms with van der Waals surface area (Å²) in [5.41, 5.74) is 3.99. The molecule has 0 aliphatic carbocycles. The van der Waals surface area contributed by atoms with Gasteiger partial charge in [0.05, 0.1) is 39.5 Å². The molecule has 0 bridgehead atoms. The molecule has 2 aromatic carbocycles. The van der Waals surface area contributed by atoms with E-state index in [4.69, 9.17) is 9.51 Å². The van der Waals surface area contributed by atoms with E-state index in [0.29, 0.717) is 82.2 Å². The number of thiophene rings is 1. The number of fused-ring (bicyclic) bond motifs is 3. The second kappa shape index (κ2) is 11.9. The fourth-order valence-corrected chi connectivity index (χ4v) is 8.31. The van der Waals surface area contributed by atoms with Gasteiger partial charge < -0.3 is 9.80 Å². The van der Waals surface area contributed by atoms with Crippen LogP contribution in [0.5, 0.6) is 0 Å². The van der Waals surface area contributed by atoms with E-state index < -0.39 is 23.4 Å². The summed E-state index contributed by atoms with van der Waals surface area (Å²) in [7, 11) is 0. The first-order valence-corrected chi connectivity index (χ1v) is 16.6. The Morgan fingerprint density at radius 3 is 2.46 bits per heavy atom. The highest BCUT2D eigenvalue weighted by molar-refractivity contribution is 7.17. The van der Waals surface area contributed by atoms with Gasteiger partial charge in [-0.05, 0) is 86.1 Å². The Balaban J connectivity index is 1.24. The lowest BCUT2D eigenvalue weighted by Gasteiger charge is -2.24. The molecule has 48 heavy (non-hydrogen) atoms. The monoisotopic (exact) mass is 671 g/mol. The number of hydrogen-bond acceptors (Lipinski definition) is 7. The summed E-state index contributed by atoms with van der Waals surface area (Å²) in [5, 5.41) is 4.00. The largest absolute Gasteiger partial charge is 0.439 e. The van der Waals surface area contributed by atoms with Crippen LogP contribution in [0, 0.1) is 17.5 Å². The minimum atomic E-state index is -0.962. The molecule has 0 unspecified atom stereocenters. The number of hydrogen-bond donors (Lipinski definition) is 1. The van der Waals surface area contributed by atoms with Crippen LogP contribution in [-0.4, -0.2) is 49.8 Å². The molecule has 5 aromatic rings. The molecule has 0 saturated carbocycles. The highest BCUT2D eigenvalue weighted by atomic mass is 32.1. The summed E-state index contributed by atoms with van der Waals surface area (Å²) in [4.78, 5) is 52.4. The Bertz CT molecular complexity index is 2140. The van der Waals surface area contributed by atoms with E-state index >= 15 is 0 Å². The number of halogens is 3. The maximum atomic E-state index is 14.1. The lowest BCUT2D eigenvalue weighted by atomic mass is 9.93. The SMILES string of the molecule is O=C(c1ccc(-c2c3c(nc(CCc4ccc(F)cc4)c2-c2noc(=O)[nH]2)[C@@H]2CCCN2C3=O)s1)N1CCC[C@@H]1c1ccc(F)c(F)c1. The third-order valence-electron chi connectivity index (χ3n) is 9.49. The summed E-state index contributed by atoms with van der Waals surface area (Å²) < 4.78 is 46.3. The van der Waals surface area contributed by atoms with Gasteiger partial charge in [-0.15, -0.1) is 11.3 Å². The van der Waals surface area contributed by atoms with Crippen LogP contribution in [0.3, 0.4) is 0 Å². The van der Waals surface area contributed by atoms with Crippen molar-refractivity contribution in [3.8, 4) is 21.8 Å². The topological polar surface area (TPSA) is 112 Å². The van der Waals surface area contributed by atoms with Gasteiger partial charge in [-0.25, -0.2) is 18.0 Å². The molecular formula is C35H28F3N5O4S. The number of aryl methyl sites for hydroxylation is 2. The van der Waals surface area contributed by atoms with Gasteiger partial charge in [-0.2, -0.15) is 0 Å². The second-order valence-electron chi connectivity index (χ2n) is 12.3. The lowest BCUT2D eigenvalue weighted by molar-refractivity contribution is 0.0738. The van der Waals surface area contributed by atoms with Crippen molar-refractivity contribution in [1.29, 1.82) is 0 Å². The van der Waals surface area contributed by atoms with Gasteiger partial charge in [0, 0.05) is 23.5 Å². The van der Waals surface area contributed by atoms with Crippen LogP contribution in [-0.2, 0) is 12.8 Å². The van der Waals surface area contributed by atoms with E-state index in [-0.39, 0.29) is 29.5 Å². The van der Waals surface area contributed by atoms with E-state index in [1.54, 1.807) is 29.2 Å². The Morgan fingerprint density at radius 1 is 0.896 bits per heavy atom. The normalized spacial score (nSPS) is 18.5. The van der Waals surface area contributed by atoms with E-state index in [0.717, 1.165) is 30.5 Å². The molecule has 0 radical (unpaired) electrons. The van der Waals surface area contributed by atoms with Gasteiger partial charge in [-0.1, -0.05) is 23.4 Å². The van der Waals surface area contributed by atoms with E-state index in [2.05, 4.69) is 10.1 Å². The molecule has 2 fully saturated rings. The van der Waals surface area contributed by atoms with Crippen LogP contribution in [0.25, 0.3) is 21.8 Å². The Morgan fingerprint density at radius 2 is 1.69 bits per heavy atom. The Labute approximate surface area is 276 Å². The molecule has 2 saturated heterocycles. The summed E-state index contributed by atoms with van der Waals surface area (Å²) in [5.74, 6) is -3.35. The van der Waals surface area contributed by atoms with Gasteiger partial charge in [-0.3, -0.25) is 24.1 Å². The standard InChI is InChI=1S/C35H28F3N5O4S/c36-20-9-5-18(6-10-20)7-12-23-28(32-40-35(46)47-41-32)29(30-31(39-23)25-4-2-16-43(25)34(30)45)26-13-14-27(48-26)33(44)42-15-1-3-24(42)19-8-11-21(37)22(38)17-19/h5-6,8-11,13-14,17,24-25H,1-4,7,12,15-16H2,(H,40,41,46)/t24-,25+/m1/s1. The average Bonchev–Trinajstić information content (AvgIpc) is 3.93. The number of likely N-dealkylation sites (tertiary alicyclic amines) is 1. The zero-order valence-corrected chi connectivity index (χ0v) is 26.3. The number of carbonyl (C=O) groups excluding carboxylic acids is 2. The van der Waals surface area contributed by atoms with Crippen LogP contribution in [0.2, 0.25) is 0 Å². The van der Waals surface area contributed by atoms with Crippen molar-refractivity contribution in [3.05, 3.63) is 116 Å². The second-order valence-corrected chi connectivity index (χ2v) is 13.4. The molecular weight excluding hydrogens is 643 g/mol. The molecule has 2 atom stereocenters. The van der Waals surface area contributed by atoms with Crippen LogP contribution < -0.4 is 5.76 Å². The zero-order chi connectivity index (χ0) is 33.1. The van der Waals surface area contributed by atoms with Gasteiger partial charge in [0.15, 0.2) is 17.5 Å². The van der Waals surface area contributed by atoms with Gasteiger partial charge in [0.1, 0.15) is 5.82 Å². The molecule has 3 aromatic heterocycles. The van der Waals surface area contributed by atoms with Crippen molar-refractivity contribution in [3.63, 3.8) is 0 Å². The van der Waals surface area contributed by atoms with Crippen molar-refractivity contribution >= 4 is 23.2 Å². The van der Waals surface area contributed by atoms with Gasteiger partial charge in [0.2, 0.25) is 0 Å². The fourth-order valence-electron chi connectivity index (χ4n) is 7.29.